The highest BCUT2D eigenvalue weighted by atomic mass is 19.1. The van der Waals surface area contributed by atoms with E-state index in [2.05, 4.69) is 10.6 Å². The molecule has 0 heterocycles. The molecule has 0 aromatic heterocycles. The van der Waals surface area contributed by atoms with Crippen LogP contribution in [-0.2, 0) is 11.3 Å². The van der Waals surface area contributed by atoms with Crippen LogP contribution in [0.2, 0.25) is 0 Å². The third-order valence-electron chi connectivity index (χ3n) is 3.23. The van der Waals surface area contributed by atoms with Gasteiger partial charge in [-0.15, -0.1) is 0 Å². The number of carbonyl (C=O) groups is 1. The fraction of sp³-hybridized carbons (Fsp3) is 0.235. The average Bonchev–Trinajstić information content (AvgIpc) is 2.58. The number of benzene rings is 2. The van der Waals surface area contributed by atoms with Crippen molar-refractivity contribution >= 4 is 11.6 Å². The number of hydrogen-bond donors (Lipinski definition) is 2. The minimum Gasteiger partial charge on any atom is -0.497 e. The van der Waals surface area contributed by atoms with E-state index < -0.39 is 5.82 Å². The van der Waals surface area contributed by atoms with Crippen molar-refractivity contribution in [3.8, 4) is 11.5 Å². The quantitative estimate of drug-likeness (QED) is 0.824. The SMILES string of the molecule is COc1cccc(CNC(=O)CNc2ccc(OC)c(F)c2)c1. The molecule has 23 heavy (non-hydrogen) atoms. The van der Waals surface area contributed by atoms with Gasteiger partial charge in [0.15, 0.2) is 11.6 Å². The predicted octanol–water partition coefficient (Wildman–Crippen LogP) is 2.57. The van der Waals surface area contributed by atoms with Gasteiger partial charge in [0.2, 0.25) is 5.91 Å². The van der Waals surface area contributed by atoms with Crippen molar-refractivity contribution < 1.29 is 18.7 Å². The molecule has 0 radical (unpaired) electrons. The zero-order chi connectivity index (χ0) is 16.7. The number of rotatable bonds is 7. The normalized spacial score (nSPS) is 10.0. The van der Waals surface area contributed by atoms with E-state index in [-0.39, 0.29) is 18.2 Å². The second-order valence-corrected chi connectivity index (χ2v) is 4.83. The van der Waals surface area contributed by atoms with Gasteiger partial charge in [0.05, 0.1) is 20.8 Å². The molecule has 0 atom stereocenters. The van der Waals surface area contributed by atoms with Crippen molar-refractivity contribution in [2.45, 2.75) is 6.54 Å². The predicted molar refractivity (Wildman–Crippen MR) is 86.3 cm³/mol. The highest BCUT2D eigenvalue weighted by Gasteiger charge is 2.05. The van der Waals surface area contributed by atoms with Gasteiger partial charge in [-0.25, -0.2) is 4.39 Å². The number of methoxy groups -OCH3 is 2. The monoisotopic (exact) mass is 318 g/mol. The van der Waals surface area contributed by atoms with E-state index in [4.69, 9.17) is 9.47 Å². The largest absolute Gasteiger partial charge is 0.497 e. The molecular weight excluding hydrogens is 299 g/mol. The standard InChI is InChI=1S/C17H19FN2O3/c1-22-14-5-3-4-12(8-14)10-20-17(21)11-19-13-6-7-16(23-2)15(18)9-13/h3-9,19H,10-11H2,1-2H3,(H,20,21). The summed E-state index contributed by atoms with van der Waals surface area (Å²) in [6, 6.07) is 11.9. The number of hydrogen-bond acceptors (Lipinski definition) is 4. The Morgan fingerprint density at radius 1 is 1.13 bits per heavy atom. The molecule has 1 amide bonds. The Bertz CT molecular complexity index is 677. The van der Waals surface area contributed by atoms with Crippen LogP contribution in [0.15, 0.2) is 42.5 Å². The molecule has 6 heteroatoms. The summed E-state index contributed by atoms with van der Waals surface area (Å²) < 4.78 is 23.5. The highest BCUT2D eigenvalue weighted by Crippen LogP contribution is 2.20. The lowest BCUT2D eigenvalue weighted by molar-refractivity contribution is -0.119. The van der Waals surface area contributed by atoms with Crippen LogP contribution in [-0.4, -0.2) is 26.7 Å². The highest BCUT2D eigenvalue weighted by molar-refractivity contribution is 5.80. The lowest BCUT2D eigenvalue weighted by atomic mass is 10.2. The van der Waals surface area contributed by atoms with E-state index in [0.29, 0.717) is 12.2 Å². The third kappa shape index (κ3) is 4.88. The van der Waals surface area contributed by atoms with Crippen LogP contribution >= 0.6 is 0 Å². The lowest BCUT2D eigenvalue weighted by Gasteiger charge is -2.10. The van der Waals surface area contributed by atoms with Gasteiger partial charge in [-0.3, -0.25) is 4.79 Å². The molecule has 0 unspecified atom stereocenters. The lowest BCUT2D eigenvalue weighted by Crippen LogP contribution is -2.29. The summed E-state index contributed by atoms with van der Waals surface area (Å²) in [5.41, 5.74) is 1.45. The van der Waals surface area contributed by atoms with E-state index in [1.165, 1.54) is 19.2 Å². The number of amides is 1. The van der Waals surface area contributed by atoms with Crippen LogP contribution in [0.1, 0.15) is 5.56 Å². The van der Waals surface area contributed by atoms with Crippen molar-refractivity contribution in [3.05, 3.63) is 53.8 Å². The first-order valence-corrected chi connectivity index (χ1v) is 7.09. The molecule has 0 aliphatic carbocycles. The van der Waals surface area contributed by atoms with Crippen molar-refractivity contribution in [2.75, 3.05) is 26.1 Å². The summed E-state index contributed by atoms with van der Waals surface area (Å²) in [4.78, 5) is 11.8. The molecule has 2 aromatic carbocycles. The van der Waals surface area contributed by atoms with Crippen molar-refractivity contribution in [1.29, 1.82) is 0 Å². The molecule has 0 saturated heterocycles. The number of carbonyl (C=O) groups excluding carboxylic acids is 1. The van der Waals surface area contributed by atoms with Crippen molar-refractivity contribution in [2.24, 2.45) is 0 Å². The first-order chi connectivity index (χ1) is 11.1. The molecule has 5 nitrogen and oxygen atoms in total. The Balaban J connectivity index is 1.82. The summed E-state index contributed by atoms with van der Waals surface area (Å²) in [7, 11) is 2.99. The van der Waals surface area contributed by atoms with Crippen LogP contribution in [0.3, 0.4) is 0 Å². The Morgan fingerprint density at radius 2 is 1.96 bits per heavy atom. The minimum absolute atomic E-state index is 0.0513. The molecule has 0 fully saturated rings. The van der Waals surface area contributed by atoms with Gasteiger partial charge in [0.25, 0.3) is 0 Å². The number of nitrogens with one attached hydrogen (secondary N) is 2. The molecule has 2 aromatic rings. The van der Waals surface area contributed by atoms with Crippen LogP contribution < -0.4 is 20.1 Å². The van der Waals surface area contributed by atoms with E-state index in [0.717, 1.165) is 11.3 Å². The van der Waals surface area contributed by atoms with E-state index in [1.54, 1.807) is 13.2 Å². The Morgan fingerprint density at radius 3 is 2.65 bits per heavy atom. The van der Waals surface area contributed by atoms with Gasteiger partial charge in [-0.05, 0) is 29.8 Å². The van der Waals surface area contributed by atoms with E-state index in [9.17, 15) is 9.18 Å². The summed E-state index contributed by atoms with van der Waals surface area (Å²) in [5.74, 6) is 0.236. The fourth-order valence-electron chi connectivity index (χ4n) is 2.00. The summed E-state index contributed by atoms with van der Waals surface area (Å²) in [6.45, 7) is 0.449. The number of anilines is 1. The first kappa shape index (κ1) is 16.6. The maximum atomic E-state index is 13.5. The summed E-state index contributed by atoms with van der Waals surface area (Å²) in [6.07, 6.45) is 0. The molecular formula is C17H19FN2O3. The van der Waals surface area contributed by atoms with Gasteiger partial charge in [-0.1, -0.05) is 12.1 Å². The topological polar surface area (TPSA) is 59.6 Å². The van der Waals surface area contributed by atoms with Crippen LogP contribution in [0.5, 0.6) is 11.5 Å². The van der Waals surface area contributed by atoms with Gasteiger partial charge < -0.3 is 20.1 Å². The first-order valence-electron chi connectivity index (χ1n) is 7.09. The zero-order valence-electron chi connectivity index (χ0n) is 13.1. The average molecular weight is 318 g/mol. The molecule has 2 N–H and O–H groups in total. The Labute approximate surface area is 134 Å². The third-order valence-corrected chi connectivity index (χ3v) is 3.23. The number of halogens is 1. The van der Waals surface area contributed by atoms with Gasteiger partial charge in [-0.2, -0.15) is 0 Å². The van der Waals surface area contributed by atoms with Crippen molar-refractivity contribution in [1.82, 2.24) is 5.32 Å². The molecule has 122 valence electrons. The molecule has 2 rings (SSSR count). The zero-order valence-corrected chi connectivity index (χ0v) is 13.1. The summed E-state index contributed by atoms with van der Waals surface area (Å²) in [5, 5.41) is 5.65. The van der Waals surface area contributed by atoms with E-state index in [1.807, 2.05) is 24.3 Å². The van der Waals surface area contributed by atoms with Crippen LogP contribution in [0.4, 0.5) is 10.1 Å². The Kier molecular flexibility index (Phi) is 5.80. The minimum atomic E-state index is -0.478. The maximum absolute atomic E-state index is 13.5. The smallest absolute Gasteiger partial charge is 0.239 e. The van der Waals surface area contributed by atoms with Gasteiger partial charge in [0.1, 0.15) is 5.75 Å². The number of ether oxygens (including phenoxy) is 2. The Hall–Kier alpha value is -2.76. The van der Waals surface area contributed by atoms with Crippen LogP contribution in [0, 0.1) is 5.82 Å². The van der Waals surface area contributed by atoms with Gasteiger partial charge >= 0.3 is 0 Å². The van der Waals surface area contributed by atoms with E-state index >= 15 is 0 Å². The second kappa shape index (κ2) is 8.03. The maximum Gasteiger partial charge on any atom is 0.239 e. The summed E-state index contributed by atoms with van der Waals surface area (Å²) >= 11 is 0. The fourth-order valence-corrected chi connectivity index (χ4v) is 2.00. The molecule has 0 aliphatic rings. The van der Waals surface area contributed by atoms with Crippen molar-refractivity contribution in [3.63, 3.8) is 0 Å². The molecule has 0 aliphatic heterocycles. The molecule has 0 spiro atoms. The molecule has 0 saturated carbocycles. The second-order valence-electron chi connectivity index (χ2n) is 4.83. The van der Waals surface area contributed by atoms with Gasteiger partial charge in [0, 0.05) is 18.3 Å². The van der Waals surface area contributed by atoms with Crippen LogP contribution in [0.25, 0.3) is 0 Å². The molecule has 0 bridgehead atoms.